The first kappa shape index (κ1) is 36.2. The summed E-state index contributed by atoms with van der Waals surface area (Å²) < 4.78 is 22.3. The van der Waals surface area contributed by atoms with Crippen LogP contribution in [0.3, 0.4) is 0 Å². The van der Waals surface area contributed by atoms with E-state index in [4.69, 9.17) is 18.9 Å². The number of ether oxygens (including phenoxy) is 4. The van der Waals surface area contributed by atoms with E-state index in [1.807, 2.05) is 36.9 Å². The van der Waals surface area contributed by atoms with E-state index in [9.17, 15) is 9.59 Å². The number of nitrogens with one attached hydrogen (secondary N) is 1. The van der Waals surface area contributed by atoms with Crippen LogP contribution in [0.4, 0.5) is 4.79 Å². The van der Waals surface area contributed by atoms with E-state index in [0.717, 1.165) is 32.2 Å². The van der Waals surface area contributed by atoms with Crippen LogP contribution in [0.15, 0.2) is 48.5 Å². The smallest absolute Gasteiger partial charge is 0.409 e. The first-order valence-corrected chi connectivity index (χ1v) is 15.2. The molecule has 1 aliphatic heterocycles. The van der Waals surface area contributed by atoms with Crippen molar-refractivity contribution in [1.82, 2.24) is 15.1 Å². The van der Waals surface area contributed by atoms with E-state index in [2.05, 4.69) is 24.4 Å². The molecule has 43 heavy (non-hydrogen) atoms. The fourth-order valence-electron chi connectivity index (χ4n) is 5.38. The molecular formula is C33H50ClN3O6. The Balaban J connectivity index is 0.00000645. The van der Waals surface area contributed by atoms with Crippen molar-refractivity contribution in [3.63, 3.8) is 0 Å². The predicted octanol–water partition coefficient (Wildman–Crippen LogP) is 5.45. The predicted molar refractivity (Wildman–Crippen MR) is 172 cm³/mol. The summed E-state index contributed by atoms with van der Waals surface area (Å²) in [5.41, 5.74) is 1.75. The molecule has 1 N–H and O–H groups in total. The maximum absolute atomic E-state index is 13.8. The Morgan fingerprint density at radius 1 is 1.00 bits per heavy atom. The van der Waals surface area contributed by atoms with Crippen molar-refractivity contribution in [3.8, 4) is 11.5 Å². The zero-order chi connectivity index (χ0) is 30.3. The monoisotopic (exact) mass is 619 g/mol. The lowest BCUT2D eigenvalue weighted by Crippen LogP contribution is -2.54. The fourth-order valence-corrected chi connectivity index (χ4v) is 5.38. The van der Waals surface area contributed by atoms with Gasteiger partial charge >= 0.3 is 6.09 Å². The number of amides is 2. The van der Waals surface area contributed by atoms with Crippen molar-refractivity contribution in [1.29, 1.82) is 0 Å². The Morgan fingerprint density at radius 3 is 2.44 bits per heavy atom. The van der Waals surface area contributed by atoms with Crippen LogP contribution < -0.4 is 14.8 Å². The molecule has 0 saturated carbocycles. The van der Waals surface area contributed by atoms with Crippen LogP contribution in [0.25, 0.3) is 0 Å². The van der Waals surface area contributed by atoms with Crippen molar-refractivity contribution in [2.45, 2.75) is 58.5 Å². The Morgan fingerprint density at radius 2 is 1.77 bits per heavy atom. The van der Waals surface area contributed by atoms with Gasteiger partial charge in [-0.05, 0) is 56.9 Å². The lowest BCUT2D eigenvalue weighted by Gasteiger charge is -2.40. The van der Waals surface area contributed by atoms with Crippen LogP contribution in [-0.2, 0) is 15.9 Å². The van der Waals surface area contributed by atoms with E-state index in [1.165, 1.54) is 5.56 Å². The average molecular weight is 620 g/mol. The minimum Gasteiger partial charge on any atom is -0.493 e. The van der Waals surface area contributed by atoms with Crippen LogP contribution in [-0.4, -0.2) is 94.1 Å². The van der Waals surface area contributed by atoms with Gasteiger partial charge in [-0.2, -0.15) is 0 Å². The highest BCUT2D eigenvalue weighted by Gasteiger charge is 2.33. The molecule has 1 fully saturated rings. The highest BCUT2D eigenvalue weighted by molar-refractivity contribution is 5.95. The van der Waals surface area contributed by atoms with E-state index in [-0.39, 0.29) is 42.4 Å². The highest BCUT2D eigenvalue weighted by Crippen LogP contribution is 2.30. The Hall–Kier alpha value is -3.01. The van der Waals surface area contributed by atoms with Gasteiger partial charge in [0.15, 0.2) is 11.5 Å². The molecule has 0 bridgehead atoms. The minimum absolute atomic E-state index is 0. The number of carbonyl (C=O) groups excluding carboxylic acids is 2. The van der Waals surface area contributed by atoms with E-state index in [1.54, 1.807) is 37.3 Å². The maximum atomic E-state index is 13.8. The maximum Gasteiger partial charge on any atom is 0.409 e. The van der Waals surface area contributed by atoms with Gasteiger partial charge in [-0.3, -0.25) is 4.79 Å². The SMILES string of the molecule is CCCN(CCc1ccccc1)C(=O)OC[C@@H]1CNCC(N(C(=O)c2ccc(OC)c(OCCCOC)c2)C(C)C)C1.Cl. The molecule has 1 aliphatic rings. The van der Waals surface area contributed by atoms with Crippen molar-refractivity contribution in [3.05, 3.63) is 59.7 Å². The van der Waals surface area contributed by atoms with Crippen LogP contribution in [0.2, 0.25) is 0 Å². The average Bonchev–Trinajstić information content (AvgIpc) is 3.00. The number of rotatable bonds is 16. The molecule has 2 aromatic rings. The number of methoxy groups -OCH3 is 2. The van der Waals surface area contributed by atoms with Gasteiger partial charge in [-0.15, -0.1) is 12.4 Å². The Labute approximate surface area is 263 Å². The molecule has 2 amide bonds. The number of halogens is 1. The molecule has 2 aromatic carbocycles. The topological polar surface area (TPSA) is 89.6 Å². The number of hydrogen-bond donors (Lipinski definition) is 1. The van der Waals surface area contributed by atoms with Crippen molar-refractivity contribution >= 4 is 24.4 Å². The molecule has 0 radical (unpaired) electrons. The third-order valence-corrected chi connectivity index (χ3v) is 7.47. The van der Waals surface area contributed by atoms with Gasteiger partial charge in [-0.1, -0.05) is 37.3 Å². The van der Waals surface area contributed by atoms with Crippen molar-refractivity contribution in [2.75, 3.05) is 60.2 Å². The van der Waals surface area contributed by atoms with E-state index < -0.39 is 0 Å². The molecule has 3 rings (SSSR count). The summed E-state index contributed by atoms with van der Waals surface area (Å²) in [6, 6.07) is 15.4. The van der Waals surface area contributed by atoms with E-state index >= 15 is 0 Å². The molecule has 0 aromatic heterocycles. The van der Waals surface area contributed by atoms with Gasteiger partial charge in [0.1, 0.15) is 0 Å². The molecule has 10 heteroatoms. The summed E-state index contributed by atoms with van der Waals surface area (Å²) in [5.74, 6) is 1.17. The second-order valence-corrected chi connectivity index (χ2v) is 11.1. The van der Waals surface area contributed by atoms with Crippen LogP contribution in [0.1, 0.15) is 56.0 Å². The third-order valence-electron chi connectivity index (χ3n) is 7.47. The summed E-state index contributed by atoms with van der Waals surface area (Å²) in [6.07, 6.45) is 2.87. The lowest BCUT2D eigenvalue weighted by atomic mass is 9.94. The van der Waals surface area contributed by atoms with Crippen LogP contribution in [0.5, 0.6) is 11.5 Å². The molecule has 1 heterocycles. The number of hydrogen-bond acceptors (Lipinski definition) is 7. The minimum atomic E-state index is -0.275. The summed E-state index contributed by atoms with van der Waals surface area (Å²) in [4.78, 5) is 30.6. The lowest BCUT2D eigenvalue weighted by molar-refractivity contribution is 0.0439. The van der Waals surface area contributed by atoms with Gasteiger partial charge < -0.3 is 34.1 Å². The zero-order valence-corrected chi connectivity index (χ0v) is 27.2. The molecule has 0 aliphatic carbocycles. The van der Waals surface area contributed by atoms with Crippen LogP contribution >= 0.6 is 12.4 Å². The number of carbonyl (C=O) groups is 2. The molecule has 1 unspecified atom stereocenters. The quantitative estimate of drug-likeness (QED) is 0.250. The summed E-state index contributed by atoms with van der Waals surface area (Å²) in [7, 11) is 3.24. The number of nitrogens with zero attached hydrogens (tertiary/aromatic N) is 2. The van der Waals surface area contributed by atoms with Gasteiger partial charge in [0.05, 0.1) is 20.3 Å². The summed E-state index contributed by atoms with van der Waals surface area (Å²) in [6.45, 7) is 10.2. The second kappa shape index (κ2) is 19.3. The van der Waals surface area contributed by atoms with Gasteiger partial charge in [0.2, 0.25) is 0 Å². The van der Waals surface area contributed by atoms with Gasteiger partial charge in [0.25, 0.3) is 5.91 Å². The Kier molecular flexibility index (Phi) is 16.2. The molecule has 2 atom stereocenters. The van der Waals surface area contributed by atoms with E-state index in [0.29, 0.717) is 56.5 Å². The Bertz CT molecular complexity index is 1100. The number of benzene rings is 2. The molecular weight excluding hydrogens is 570 g/mol. The highest BCUT2D eigenvalue weighted by atomic mass is 35.5. The first-order valence-electron chi connectivity index (χ1n) is 15.2. The van der Waals surface area contributed by atoms with Crippen LogP contribution in [0, 0.1) is 5.92 Å². The standard InChI is InChI=1S/C33H49N3O6.ClH/c1-6-16-35(17-15-26-11-8-7-9-12-26)33(38)42-24-27-20-29(23-34-22-27)36(25(2)3)32(37)28-13-14-30(40-5)31(21-28)41-19-10-18-39-4;/h7-9,11-14,21,25,27,29,34H,6,10,15-20,22-24H2,1-5H3;1H/t27-,29?;/m0./s1. The first-order chi connectivity index (χ1) is 20.4. The van der Waals surface area contributed by atoms with Crippen molar-refractivity contribution in [2.24, 2.45) is 5.92 Å². The fraction of sp³-hybridized carbons (Fsp3) is 0.576. The van der Waals surface area contributed by atoms with Gasteiger partial charge in [-0.25, -0.2) is 4.79 Å². The van der Waals surface area contributed by atoms with Crippen molar-refractivity contribution < 1.29 is 28.5 Å². The number of piperidine rings is 1. The normalized spacial score (nSPS) is 16.2. The largest absolute Gasteiger partial charge is 0.493 e. The second-order valence-electron chi connectivity index (χ2n) is 11.1. The molecule has 1 saturated heterocycles. The zero-order valence-electron chi connectivity index (χ0n) is 26.4. The van der Waals surface area contributed by atoms with Gasteiger partial charge in [0, 0.05) is 69.9 Å². The molecule has 9 nitrogen and oxygen atoms in total. The summed E-state index contributed by atoms with van der Waals surface area (Å²) in [5, 5.41) is 3.47. The molecule has 0 spiro atoms. The third kappa shape index (κ3) is 11.2. The summed E-state index contributed by atoms with van der Waals surface area (Å²) >= 11 is 0. The molecule has 240 valence electrons.